The number of ketones is 1. The Bertz CT molecular complexity index is 2770. The number of fused-ring (bicyclic) bond motifs is 2. The summed E-state index contributed by atoms with van der Waals surface area (Å²) >= 11 is 0. The fraction of sp³-hybridized carbons (Fsp3) is 0.182. The van der Waals surface area contributed by atoms with Gasteiger partial charge in [-0.15, -0.1) is 12.4 Å². The summed E-state index contributed by atoms with van der Waals surface area (Å²) in [6.45, 7) is 3.26. The topological polar surface area (TPSA) is 183 Å². The summed E-state index contributed by atoms with van der Waals surface area (Å²) in [5, 5.41) is 30.0. The molecule has 58 heavy (non-hydrogen) atoms. The van der Waals surface area contributed by atoms with E-state index in [1.165, 1.54) is 32.6 Å². The zero-order chi connectivity index (χ0) is 39.5. The fourth-order valence-corrected chi connectivity index (χ4v) is 6.69. The second-order valence-corrected chi connectivity index (χ2v) is 14.1. The van der Waals surface area contributed by atoms with Crippen molar-refractivity contribution in [2.75, 3.05) is 0 Å². The molecular weight excluding hydrogens is 752 g/mol. The lowest BCUT2D eigenvalue weighted by molar-refractivity contribution is 0.101. The smallest absolute Gasteiger partial charge is 0.178 e. The molecule has 13 nitrogen and oxygen atoms in total. The van der Waals surface area contributed by atoms with E-state index in [9.17, 15) is 4.79 Å². The third-order valence-corrected chi connectivity index (χ3v) is 10.1. The van der Waals surface area contributed by atoms with Crippen LogP contribution < -0.4 is 5.90 Å². The first-order chi connectivity index (χ1) is 27.9. The molecule has 2 aromatic carbocycles. The van der Waals surface area contributed by atoms with E-state index >= 15 is 0 Å². The number of hydrogen-bond donors (Lipinski definition) is 3. The van der Waals surface area contributed by atoms with Gasteiger partial charge in [0.05, 0.1) is 40.5 Å². The van der Waals surface area contributed by atoms with Crippen molar-refractivity contribution in [3.63, 3.8) is 0 Å². The molecule has 2 aliphatic carbocycles. The Balaban J connectivity index is 0.000000167. The monoisotopic (exact) mass is 792 g/mol. The maximum Gasteiger partial charge on any atom is 0.178 e. The molecule has 6 aromatic heterocycles. The van der Waals surface area contributed by atoms with Gasteiger partial charge in [0, 0.05) is 52.0 Å². The molecule has 2 fully saturated rings. The van der Waals surface area contributed by atoms with Crippen LogP contribution in [0.15, 0.2) is 127 Å². The van der Waals surface area contributed by atoms with Gasteiger partial charge in [0.15, 0.2) is 17.4 Å². The number of pyridine rings is 4. The minimum atomic E-state index is -0.0379. The van der Waals surface area contributed by atoms with E-state index in [0.717, 1.165) is 67.3 Å². The van der Waals surface area contributed by atoms with E-state index in [4.69, 9.17) is 20.4 Å². The SMILES string of the molecule is C/C(=N/O)c1cccc(-c2ccc3cnn(-c4cccc(C5CC5)n4)c3c2)n1.CC(=O)c1cccc(-c2ccc3cnn(-c4cccc(C5CC5)n4)c3c2)n1.Cl.NO. The number of nitrogens with zero attached hydrogens (tertiary/aromatic N) is 9. The van der Waals surface area contributed by atoms with Crippen LogP contribution in [0, 0.1) is 0 Å². The first-order valence-electron chi connectivity index (χ1n) is 18.7. The van der Waals surface area contributed by atoms with E-state index in [0.29, 0.717) is 28.9 Å². The summed E-state index contributed by atoms with van der Waals surface area (Å²) in [6.07, 6.45) is 8.59. The Kier molecular flexibility index (Phi) is 11.7. The fourth-order valence-electron chi connectivity index (χ4n) is 6.69. The third kappa shape index (κ3) is 8.37. The molecule has 14 heteroatoms. The number of hydrogen-bond acceptors (Lipinski definition) is 11. The molecule has 0 unspecified atom stereocenters. The number of oxime groups is 1. The highest BCUT2D eigenvalue weighted by Gasteiger charge is 2.26. The lowest BCUT2D eigenvalue weighted by Crippen LogP contribution is -2.01. The van der Waals surface area contributed by atoms with E-state index < -0.39 is 0 Å². The molecule has 2 aliphatic rings. The second-order valence-electron chi connectivity index (χ2n) is 14.1. The van der Waals surface area contributed by atoms with Gasteiger partial charge >= 0.3 is 0 Å². The molecule has 10 rings (SSSR count). The summed E-state index contributed by atoms with van der Waals surface area (Å²) in [5.74, 6) is 6.32. The molecule has 0 spiro atoms. The molecule has 2 saturated carbocycles. The predicted molar refractivity (Wildman–Crippen MR) is 225 cm³/mol. The molecule has 0 amide bonds. The summed E-state index contributed by atoms with van der Waals surface area (Å²) in [5.41, 5.74) is 9.35. The quantitative estimate of drug-likeness (QED) is 0.0581. The van der Waals surface area contributed by atoms with Crippen LogP contribution in [0.4, 0.5) is 0 Å². The van der Waals surface area contributed by atoms with Gasteiger partial charge in [0.2, 0.25) is 0 Å². The minimum Gasteiger partial charge on any atom is -0.411 e. The number of rotatable bonds is 8. The van der Waals surface area contributed by atoms with Gasteiger partial charge in [0.25, 0.3) is 0 Å². The summed E-state index contributed by atoms with van der Waals surface area (Å²) < 4.78 is 3.76. The molecule has 0 bridgehead atoms. The molecule has 0 atom stereocenters. The van der Waals surface area contributed by atoms with Crippen molar-refractivity contribution in [3.05, 3.63) is 144 Å². The van der Waals surface area contributed by atoms with Gasteiger partial charge in [-0.05, 0) is 93.3 Å². The van der Waals surface area contributed by atoms with Gasteiger partial charge < -0.3 is 10.4 Å². The normalized spacial score (nSPS) is 13.6. The number of carbonyl (C=O) groups is 1. The number of nitrogens with two attached hydrogens (primary N) is 1. The van der Waals surface area contributed by atoms with Gasteiger partial charge in [0.1, 0.15) is 11.4 Å². The van der Waals surface area contributed by atoms with Crippen LogP contribution in [-0.2, 0) is 0 Å². The maximum atomic E-state index is 11.6. The largest absolute Gasteiger partial charge is 0.411 e. The summed E-state index contributed by atoms with van der Waals surface area (Å²) in [6, 6.07) is 35.7. The summed E-state index contributed by atoms with van der Waals surface area (Å²) in [4.78, 5) is 30.4. The number of halogens is 1. The zero-order valence-electron chi connectivity index (χ0n) is 31.8. The standard InChI is InChI=1S/C22H19N5O.C22H18N4O.ClH.H3NO/c1-14(26-28)18-4-2-5-20(24-18)16-10-11-17-13-23-27(21(17)12-16)22-7-3-6-19(25-22)15-8-9-15;1-14(27)18-4-2-5-20(24-18)16-10-11-17-13-23-26(21(17)12-16)22-7-3-6-19(25-22)15-8-9-15;;1-2/h2-7,10-13,15,28H,8-9H2,1H3;2-7,10-13,15H,8-9H2,1H3;1H;2H,1H2/b26-14-;;;. The van der Waals surface area contributed by atoms with Crippen LogP contribution >= 0.6 is 12.4 Å². The van der Waals surface area contributed by atoms with Crippen molar-refractivity contribution in [3.8, 4) is 34.2 Å². The van der Waals surface area contributed by atoms with E-state index in [1.807, 2.05) is 94.6 Å². The van der Waals surface area contributed by atoms with Crippen molar-refractivity contribution < 1.29 is 15.2 Å². The van der Waals surface area contributed by atoms with Crippen molar-refractivity contribution in [1.29, 1.82) is 0 Å². The average molecular weight is 793 g/mol. The van der Waals surface area contributed by atoms with Crippen molar-refractivity contribution in [2.45, 2.75) is 51.4 Å². The number of Topliss-reactive ketones (excluding diaryl/α,β-unsaturated/α-hetero) is 1. The van der Waals surface area contributed by atoms with Gasteiger partial charge in [-0.3, -0.25) is 4.79 Å². The Labute approximate surface area is 340 Å². The minimum absolute atomic E-state index is 0. The van der Waals surface area contributed by atoms with Crippen LogP contribution in [0.25, 0.3) is 56.0 Å². The lowest BCUT2D eigenvalue weighted by Gasteiger charge is -2.07. The van der Waals surface area contributed by atoms with Crippen molar-refractivity contribution >= 4 is 45.7 Å². The first-order valence-corrected chi connectivity index (χ1v) is 18.7. The molecule has 0 radical (unpaired) electrons. The predicted octanol–water partition coefficient (Wildman–Crippen LogP) is 8.88. The molecule has 0 aliphatic heterocycles. The van der Waals surface area contributed by atoms with Gasteiger partial charge in [-0.1, -0.05) is 53.7 Å². The number of carbonyl (C=O) groups excluding carboxylic acids is 1. The lowest BCUT2D eigenvalue weighted by atomic mass is 10.1. The molecular formula is C44H41ClN10O3. The highest BCUT2D eigenvalue weighted by molar-refractivity contribution is 5.97. The second kappa shape index (κ2) is 17.2. The van der Waals surface area contributed by atoms with Gasteiger partial charge in [-0.25, -0.2) is 35.2 Å². The molecule has 8 aromatic rings. The Morgan fingerprint density at radius 1 is 0.621 bits per heavy atom. The molecule has 292 valence electrons. The highest BCUT2D eigenvalue weighted by atomic mass is 35.5. The van der Waals surface area contributed by atoms with Crippen molar-refractivity contribution in [2.24, 2.45) is 11.1 Å². The van der Waals surface area contributed by atoms with Crippen LogP contribution in [0.2, 0.25) is 0 Å². The maximum absolute atomic E-state index is 11.6. The third-order valence-electron chi connectivity index (χ3n) is 10.1. The van der Waals surface area contributed by atoms with Crippen LogP contribution in [-0.4, -0.2) is 61.4 Å². The Hall–Kier alpha value is -6.67. The van der Waals surface area contributed by atoms with Crippen LogP contribution in [0.1, 0.15) is 78.9 Å². The Morgan fingerprint density at radius 2 is 1.07 bits per heavy atom. The zero-order valence-corrected chi connectivity index (χ0v) is 32.7. The first kappa shape index (κ1) is 39.6. The van der Waals surface area contributed by atoms with Crippen LogP contribution in [0.3, 0.4) is 0 Å². The Morgan fingerprint density at radius 3 is 1.52 bits per heavy atom. The number of benzene rings is 2. The van der Waals surface area contributed by atoms with Crippen LogP contribution in [0.5, 0.6) is 0 Å². The summed E-state index contributed by atoms with van der Waals surface area (Å²) in [7, 11) is 0. The molecule has 4 N–H and O–H groups in total. The van der Waals surface area contributed by atoms with Crippen molar-refractivity contribution in [1.82, 2.24) is 39.5 Å². The highest BCUT2D eigenvalue weighted by Crippen LogP contribution is 2.40. The van der Waals surface area contributed by atoms with Gasteiger partial charge in [-0.2, -0.15) is 10.2 Å². The molecule has 0 saturated heterocycles. The number of aromatic nitrogens is 8. The van der Waals surface area contributed by atoms with E-state index in [2.05, 4.69) is 61.5 Å². The molecule has 6 heterocycles. The van der Waals surface area contributed by atoms with E-state index in [-0.39, 0.29) is 18.2 Å². The van der Waals surface area contributed by atoms with E-state index in [1.54, 1.807) is 13.0 Å². The average Bonchev–Trinajstić information content (AvgIpc) is 4.22.